The number of nitrogens with zero attached hydrogens (tertiary/aromatic N) is 4. The van der Waals surface area contributed by atoms with Gasteiger partial charge in [0.1, 0.15) is 12.3 Å². The molecule has 2 aromatic rings. The zero-order valence-corrected chi connectivity index (χ0v) is 14.8. The predicted molar refractivity (Wildman–Crippen MR) is 94.0 cm³/mol. The van der Waals surface area contributed by atoms with E-state index in [4.69, 9.17) is 4.74 Å². The standard InChI is InChI=1S/C18H25N5O2/c1-3-25-15-10-8-14(9-11-15)18-20-22-23(21-18)12-17(24)19-16-7-5-4-6-13(16)2/h8-11,13,16H,3-7,12H2,1-2H3,(H,19,24). The van der Waals surface area contributed by atoms with Gasteiger partial charge in [-0.2, -0.15) is 4.80 Å². The molecule has 1 aromatic carbocycles. The summed E-state index contributed by atoms with van der Waals surface area (Å²) in [4.78, 5) is 13.6. The zero-order valence-electron chi connectivity index (χ0n) is 14.8. The van der Waals surface area contributed by atoms with Crippen LogP contribution in [-0.2, 0) is 11.3 Å². The maximum Gasteiger partial charge on any atom is 0.243 e. The Morgan fingerprint density at radius 1 is 1.28 bits per heavy atom. The summed E-state index contributed by atoms with van der Waals surface area (Å²) in [6, 6.07) is 7.77. The second-order valence-electron chi connectivity index (χ2n) is 6.54. The normalized spacial score (nSPS) is 20.2. The van der Waals surface area contributed by atoms with Crippen molar-refractivity contribution in [1.82, 2.24) is 25.5 Å². The average molecular weight is 343 g/mol. The molecule has 1 aliphatic rings. The number of carbonyl (C=O) groups is 1. The van der Waals surface area contributed by atoms with E-state index < -0.39 is 0 Å². The van der Waals surface area contributed by atoms with Crippen molar-refractivity contribution < 1.29 is 9.53 Å². The van der Waals surface area contributed by atoms with E-state index >= 15 is 0 Å². The fourth-order valence-corrected chi connectivity index (χ4v) is 3.20. The number of benzene rings is 1. The molecule has 0 radical (unpaired) electrons. The van der Waals surface area contributed by atoms with Crippen molar-refractivity contribution in [1.29, 1.82) is 0 Å². The second-order valence-corrected chi connectivity index (χ2v) is 6.54. The molecule has 3 rings (SSSR count). The number of hydrogen-bond donors (Lipinski definition) is 1. The van der Waals surface area contributed by atoms with Crippen LogP contribution in [0.2, 0.25) is 0 Å². The van der Waals surface area contributed by atoms with Gasteiger partial charge in [-0.25, -0.2) is 0 Å². The van der Waals surface area contributed by atoms with Crippen molar-refractivity contribution in [3.05, 3.63) is 24.3 Å². The third-order valence-electron chi connectivity index (χ3n) is 4.62. The van der Waals surface area contributed by atoms with Crippen molar-refractivity contribution >= 4 is 5.91 Å². The minimum absolute atomic E-state index is 0.0607. The smallest absolute Gasteiger partial charge is 0.243 e. The Balaban J connectivity index is 1.58. The Bertz CT molecular complexity index is 698. The number of amides is 1. The summed E-state index contributed by atoms with van der Waals surface area (Å²) in [5.74, 6) is 1.77. The molecule has 1 heterocycles. The molecule has 0 bridgehead atoms. The SMILES string of the molecule is CCOc1ccc(-c2nnn(CC(=O)NC3CCCCC3C)n2)cc1. The molecule has 134 valence electrons. The Labute approximate surface area is 147 Å². The summed E-state index contributed by atoms with van der Waals surface area (Å²) in [6.45, 7) is 4.86. The summed E-state index contributed by atoms with van der Waals surface area (Å²) < 4.78 is 5.42. The predicted octanol–water partition coefficient (Wildman–Crippen LogP) is 2.43. The maximum absolute atomic E-state index is 12.2. The van der Waals surface area contributed by atoms with E-state index in [0.29, 0.717) is 18.3 Å². The van der Waals surface area contributed by atoms with E-state index in [2.05, 4.69) is 27.7 Å². The number of hydrogen-bond acceptors (Lipinski definition) is 5. The molecular weight excluding hydrogens is 318 g/mol. The first-order valence-corrected chi connectivity index (χ1v) is 8.96. The molecule has 1 fully saturated rings. The van der Waals surface area contributed by atoms with Gasteiger partial charge in [-0.3, -0.25) is 4.79 Å². The van der Waals surface area contributed by atoms with Crippen LogP contribution in [0.15, 0.2) is 24.3 Å². The lowest BCUT2D eigenvalue weighted by Crippen LogP contribution is -2.42. The van der Waals surface area contributed by atoms with E-state index in [1.54, 1.807) is 0 Å². The van der Waals surface area contributed by atoms with Crippen LogP contribution in [0, 0.1) is 5.92 Å². The third-order valence-corrected chi connectivity index (χ3v) is 4.62. The van der Waals surface area contributed by atoms with Gasteiger partial charge < -0.3 is 10.1 Å². The molecule has 1 saturated carbocycles. The molecule has 1 N–H and O–H groups in total. The molecule has 2 atom stereocenters. The highest BCUT2D eigenvalue weighted by Gasteiger charge is 2.23. The second kappa shape index (κ2) is 8.09. The molecule has 0 aliphatic heterocycles. The highest BCUT2D eigenvalue weighted by atomic mass is 16.5. The summed E-state index contributed by atoms with van der Waals surface area (Å²) >= 11 is 0. The minimum atomic E-state index is -0.0607. The van der Waals surface area contributed by atoms with Gasteiger partial charge in [0.2, 0.25) is 11.7 Å². The van der Waals surface area contributed by atoms with Crippen molar-refractivity contribution in [3.8, 4) is 17.1 Å². The molecule has 0 saturated heterocycles. The van der Waals surface area contributed by atoms with Gasteiger partial charge in [0.25, 0.3) is 0 Å². The summed E-state index contributed by atoms with van der Waals surface area (Å²) in [5.41, 5.74) is 0.844. The molecule has 1 aromatic heterocycles. The Morgan fingerprint density at radius 3 is 2.76 bits per heavy atom. The van der Waals surface area contributed by atoms with Crippen molar-refractivity contribution in [3.63, 3.8) is 0 Å². The first-order chi connectivity index (χ1) is 12.2. The van der Waals surface area contributed by atoms with E-state index in [1.807, 2.05) is 31.2 Å². The van der Waals surface area contributed by atoms with Gasteiger partial charge in [-0.15, -0.1) is 10.2 Å². The molecular formula is C18H25N5O2. The largest absolute Gasteiger partial charge is 0.494 e. The summed E-state index contributed by atoms with van der Waals surface area (Å²) in [7, 11) is 0. The molecule has 1 amide bonds. The van der Waals surface area contributed by atoms with E-state index in [9.17, 15) is 4.79 Å². The quantitative estimate of drug-likeness (QED) is 0.871. The van der Waals surface area contributed by atoms with Crippen LogP contribution < -0.4 is 10.1 Å². The van der Waals surface area contributed by atoms with Crippen LogP contribution in [0.1, 0.15) is 39.5 Å². The molecule has 2 unspecified atom stereocenters. The molecule has 1 aliphatic carbocycles. The van der Waals surface area contributed by atoms with E-state index in [0.717, 1.165) is 17.7 Å². The average Bonchev–Trinajstić information content (AvgIpc) is 3.06. The number of carbonyl (C=O) groups excluding carboxylic acids is 1. The van der Waals surface area contributed by atoms with Gasteiger partial charge in [-0.05, 0) is 55.2 Å². The number of ether oxygens (including phenoxy) is 1. The lowest BCUT2D eigenvalue weighted by atomic mass is 9.86. The Morgan fingerprint density at radius 2 is 2.04 bits per heavy atom. The van der Waals surface area contributed by atoms with Crippen molar-refractivity contribution in [2.75, 3.05) is 6.61 Å². The highest BCUT2D eigenvalue weighted by molar-refractivity contribution is 5.75. The molecule has 7 heteroatoms. The highest BCUT2D eigenvalue weighted by Crippen LogP contribution is 2.23. The first kappa shape index (κ1) is 17.4. The Hall–Kier alpha value is -2.44. The van der Waals surface area contributed by atoms with Crippen LogP contribution in [0.4, 0.5) is 0 Å². The minimum Gasteiger partial charge on any atom is -0.494 e. The van der Waals surface area contributed by atoms with Crippen LogP contribution in [0.25, 0.3) is 11.4 Å². The van der Waals surface area contributed by atoms with Crippen molar-refractivity contribution in [2.45, 2.75) is 52.1 Å². The summed E-state index contributed by atoms with van der Waals surface area (Å²) in [5, 5.41) is 15.4. The van der Waals surface area contributed by atoms with Gasteiger partial charge in [0, 0.05) is 11.6 Å². The van der Waals surface area contributed by atoms with Crippen LogP contribution >= 0.6 is 0 Å². The van der Waals surface area contributed by atoms with Gasteiger partial charge >= 0.3 is 0 Å². The lowest BCUT2D eigenvalue weighted by molar-refractivity contribution is -0.123. The lowest BCUT2D eigenvalue weighted by Gasteiger charge is -2.29. The third kappa shape index (κ3) is 4.55. The summed E-state index contributed by atoms with van der Waals surface area (Å²) in [6.07, 6.45) is 4.66. The van der Waals surface area contributed by atoms with Gasteiger partial charge in [0.05, 0.1) is 6.61 Å². The van der Waals surface area contributed by atoms with Crippen molar-refractivity contribution in [2.24, 2.45) is 5.92 Å². The van der Waals surface area contributed by atoms with Crippen LogP contribution in [0.3, 0.4) is 0 Å². The Kier molecular flexibility index (Phi) is 5.63. The topological polar surface area (TPSA) is 81.9 Å². The number of tetrazole rings is 1. The monoisotopic (exact) mass is 343 g/mol. The van der Waals surface area contributed by atoms with Crippen LogP contribution in [-0.4, -0.2) is 38.8 Å². The fraction of sp³-hybridized carbons (Fsp3) is 0.556. The van der Waals surface area contributed by atoms with Gasteiger partial charge in [-0.1, -0.05) is 19.8 Å². The van der Waals surface area contributed by atoms with Crippen LogP contribution in [0.5, 0.6) is 5.75 Å². The zero-order chi connectivity index (χ0) is 17.6. The maximum atomic E-state index is 12.2. The molecule has 0 spiro atoms. The number of aromatic nitrogens is 4. The first-order valence-electron chi connectivity index (χ1n) is 8.96. The van der Waals surface area contributed by atoms with E-state index in [-0.39, 0.29) is 18.5 Å². The van der Waals surface area contributed by atoms with E-state index in [1.165, 1.54) is 24.1 Å². The fourth-order valence-electron chi connectivity index (χ4n) is 3.20. The number of rotatable bonds is 6. The number of nitrogens with one attached hydrogen (secondary N) is 1. The molecule has 25 heavy (non-hydrogen) atoms. The van der Waals surface area contributed by atoms with Gasteiger partial charge in [0.15, 0.2) is 0 Å². The molecule has 7 nitrogen and oxygen atoms in total.